The number of nitrogens with zero attached hydrogens (tertiary/aromatic N) is 1. The third-order valence-electron chi connectivity index (χ3n) is 9.10. The van der Waals surface area contributed by atoms with Crippen LogP contribution in [0.4, 0.5) is 4.39 Å². The van der Waals surface area contributed by atoms with E-state index in [1.165, 1.54) is 42.5 Å². The van der Waals surface area contributed by atoms with E-state index in [1.54, 1.807) is 31.2 Å². The summed E-state index contributed by atoms with van der Waals surface area (Å²) in [6.07, 6.45) is 2.84. The molecule has 45 heavy (non-hydrogen) atoms. The molecule has 238 valence electrons. The Morgan fingerprint density at radius 3 is 2.33 bits per heavy atom. The van der Waals surface area contributed by atoms with Gasteiger partial charge in [-0.1, -0.05) is 67.0 Å². The molecule has 0 saturated carbocycles. The fourth-order valence-corrected chi connectivity index (χ4v) is 6.95. The molecular formula is C35H36Cl2FNO6. The van der Waals surface area contributed by atoms with Crippen molar-refractivity contribution in [2.24, 2.45) is 11.8 Å². The quantitative estimate of drug-likeness (QED) is 0.182. The number of hydrogen-bond donors (Lipinski definition) is 2. The van der Waals surface area contributed by atoms with Gasteiger partial charge in [0.2, 0.25) is 0 Å². The topological polar surface area (TPSA) is 96.3 Å². The lowest BCUT2D eigenvalue weighted by atomic mass is 9.74. The summed E-state index contributed by atoms with van der Waals surface area (Å²) in [7, 11) is 0. The Morgan fingerprint density at radius 2 is 1.76 bits per heavy atom. The van der Waals surface area contributed by atoms with Crippen LogP contribution in [-0.2, 0) is 25.6 Å². The van der Waals surface area contributed by atoms with Gasteiger partial charge in [0.05, 0.1) is 28.7 Å². The minimum atomic E-state index is -2.38. The average molecular weight is 657 g/mol. The van der Waals surface area contributed by atoms with E-state index in [-0.39, 0.29) is 41.2 Å². The number of halogens is 3. The van der Waals surface area contributed by atoms with Gasteiger partial charge in [0.1, 0.15) is 12.4 Å². The molecule has 4 atom stereocenters. The van der Waals surface area contributed by atoms with Crippen LogP contribution in [0.25, 0.3) is 0 Å². The monoisotopic (exact) mass is 655 g/mol. The number of rotatable bonds is 10. The molecule has 0 aliphatic carbocycles. The molecule has 3 aromatic rings. The van der Waals surface area contributed by atoms with E-state index in [9.17, 15) is 19.8 Å². The number of benzene rings is 3. The predicted molar refractivity (Wildman–Crippen MR) is 169 cm³/mol. The number of carbonyl (C=O) groups is 2. The summed E-state index contributed by atoms with van der Waals surface area (Å²) >= 11 is 12.4. The molecule has 0 radical (unpaired) electrons. The van der Waals surface area contributed by atoms with E-state index in [1.807, 2.05) is 6.92 Å². The van der Waals surface area contributed by atoms with Crippen LogP contribution >= 0.6 is 23.2 Å². The lowest BCUT2D eigenvalue weighted by molar-refractivity contribution is -0.152. The molecule has 1 fully saturated rings. The Labute approximate surface area is 272 Å². The Bertz CT molecular complexity index is 1580. The van der Waals surface area contributed by atoms with E-state index < -0.39 is 41.0 Å². The number of ether oxygens (including phenoxy) is 2. The predicted octanol–water partition coefficient (Wildman–Crippen LogP) is 6.91. The number of aliphatic hydroxyl groups is 2. The largest absolute Gasteiger partial charge is 0.461 e. The summed E-state index contributed by atoms with van der Waals surface area (Å²) in [6.45, 7) is 7.85. The summed E-state index contributed by atoms with van der Waals surface area (Å²) in [6, 6.07) is 14.1. The fraction of sp³-hybridized carbons (Fsp3) is 0.371. The zero-order valence-electron chi connectivity index (χ0n) is 25.1. The molecule has 3 aromatic carbocycles. The van der Waals surface area contributed by atoms with Crippen LogP contribution in [-0.4, -0.2) is 46.8 Å². The highest BCUT2D eigenvalue weighted by Crippen LogP contribution is 2.51. The van der Waals surface area contributed by atoms with Crippen molar-refractivity contribution in [1.82, 2.24) is 4.90 Å². The van der Waals surface area contributed by atoms with Crippen LogP contribution in [0.5, 0.6) is 0 Å². The van der Waals surface area contributed by atoms with Crippen LogP contribution in [0.3, 0.4) is 0 Å². The highest BCUT2D eigenvalue weighted by atomic mass is 35.5. The lowest BCUT2D eigenvalue weighted by Gasteiger charge is -2.42. The molecule has 0 spiro atoms. The summed E-state index contributed by atoms with van der Waals surface area (Å²) < 4.78 is 27.5. The van der Waals surface area contributed by atoms with E-state index >= 15 is 4.39 Å². The maximum Gasteiger partial charge on any atom is 0.311 e. The Balaban J connectivity index is 1.74. The summed E-state index contributed by atoms with van der Waals surface area (Å²) in [5.41, 5.74) is -3.36. The fourth-order valence-electron chi connectivity index (χ4n) is 6.70. The smallest absolute Gasteiger partial charge is 0.311 e. The summed E-state index contributed by atoms with van der Waals surface area (Å²) in [5, 5.41) is 25.5. The maximum absolute atomic E-state index is 16.6. The van der Waals surface area contributed by atoms with Gasteiger partial charge in [0.25, 0.3) is 5.91 Å². The molecule has 2 aliphatic rings. The zero-order valence-corrected chi connectivity index (χ0v) is 26.7. The van der Waals surface area contributed by atoms with Crippen molar-refractivity contribution < 1.29 is 33.7 Å². The van der Waals surface area contributed by atoms with Gasteiger partial charge in [-0.2, -0.15) is 0 Å². The highest BCUT2D eigenvalue weighted by molar-refractivity contribution is 6.30. The molecule has 10 heteroatoms. The minimum absolute atomic E-state index is 0.0636. The molecule has 0 aromatic heterocycles. The van der Waals surface area contributed by atoms with Crippen LogP contribution in [0.1, 0.15) is 71.8 Å². The van der Waals surface area contributed by atoms with E-state index in [0.29, 0.717) is 41.7 Å². The van der Waals surface area contributed by atoms with Crippen molar-refractivity contribution in [3.8, 4) is 0 Å². The van der Waals surface area contributed by atoms with E-state index in [2.05, 4.69) is 6.58 Å². The van der Waals surface area contributed by atoms with Crippen LogP contribution in [0, 0.1) is 17.7 Å². The van der Waals surface area contributed by atoms with Gasteiger partial charge in [-0.3, -0.25) is 14.5 Å². The van der Waals surface area contributed by atoms with Crippen molar-refractivity contribution in [3.63, 3.8) is 0 Å². The van der Waals surface area contributed by atoms with Gasteiger partial charge in [-0.25, -0.2) is 4.39 Å². The van der Waals surface area contributed by atoms with E-state index in [4.69, 9.17) is 32.7 Å². The normalized spacial score (nSPS) is 21.1. The van der Waals surface area contributed by atoms with Gasteiger partial charge in [-0.15, -0.1) is 0 Å². The van der Waals surface area contributed by atoms with Gasteiger partial charge in [-0.05, 0) is 79.6 Å². The van der Waals surface area contributed by atoms with Gasteiger partial charge >= 0.3 is 5.97 Å². The molecule has 7 nitrogen and oxygen atoms in total. The molecule has 5 rings (SSSR count). The van der Waals surface area contributed by atoms with E-state index in [0.717, 1.165) is 4.90 Å². The Morgan fingerprint density at radius 1 is 1.16 bits per heavy atom. The second-order valence-corrected chi connectivity index (χ2v) is 12.5. The second kappa shape index (κ2) is 13.2. The molecular weight excluding hydrogens is 620 g/mol. The molecule has 0 unspecified atom stereocenters. The molecule has 0 bridgehead atoms. The molecule has 2 heterocycles. The van der Waals surface area contributed by atoms with Crippen molar-refractivity contribution >= 4 is 35.1 Å². The van der Waals surface area contributed by atoms with Crippen LogP contribution in [0.15, 0.2) is 73.3 Å². The van der Waals surface area contributed by atoms with Crippen LogP contribution < -0.4 is 0 Å². The highest BCUT2D eigenvalue weighted by Gasteiger charge is 2.57. The molecule has 1 saturated heterocycles. The Kier molecular flexibility index (Phi) is 9.73. The number of hydrogen-bond acceptors (Lipinski definition) is 6. The number of esters is 1. The zero-order chi connectivity index (χ0) is 32.5. The van der Waals surface area contributed by atoms with Crippen molar-refractivity contribution in [2.45, 2.75) is 50.5 Å². The summed E-state index contributed by atoms with van der Waals surface area (Å²) in [5.74, 6) is -3.50. The number of carbonyl (C=O) groups excluding carboxylic acids is 2. The number of fused-ring (bicyclic) bond motifs is 1. The lowest BCUT2D eigenvalue weighted by Crippen LogP contribution is -2.50. The maximum atomic E-state index is 16.6. The average Bonchev–Trinajstić information content (AvgIpc) is 3.28. The first-order valence-electron chi connectivity index (χ1n) is 15.0. The standard InChI is InChI=1S/C35H36Cl2FNO6/c1-4-16-45-33(41)21(3)31(22-6-10-26(36)11-7-22)39-32(40)28-19-25(34(42,5-2)23-14-17-44-18-15-23)20-29(38)30(28)35(39,43)24-8-12-27(37)13-9-24/h4,6-13,19-21,23,31,42-43H,1,5,14-18H2,2-3H3/t21-,31-,34-,35-/m0/s1. The molecule has 2 aliphatic heterocycles. The number of amides is 1. The minimum Gasteiger partial charge on any atom is -0.461 e. The van der Waals surface area contributed by atoms with Gasteiger partial charge in [0, 0.05) is 28.8 Å². The van der Waals surface area contributed by atoms with Gasteiger partial charge < -0.3 is 19.7 Å². The van der Waals surface area contributed by atoms with Crippen LogP contribution in [0.2, 0.25) is 10.0 Å². The SMILES string of the molecule is C=CCOC(=O)[C@@H](C)[C@@H](c1ccc(Cl)cc1)N1C(=O)c2cc([C@](O)(CC)C3CCOCC3)cc(F)c2[C@@]1(O)c1ccc(Cl)cc1. The Hall–Kier alpha value is -3.27. The van der Waals surface area contributed by atoms with Crippen molar-refractivity contribution in [1.29, 1.82) is 0 Å². The third kappa shape index (κ3) is 5.90. The first-order chi connectivity index (χ1) is 21.5. The first kappa shape index (κ1) is 33.1. The molecule has 1 amide bonds. The second-order valence-electron chi connectivity index (χ2n) is 11.6. The van der Waals surface area contributed by atoms with Gasteiger partial charge in [0.15, 0.2) is 5.72 Å². The van der Waals surface area contributed by atoms with Crippen molar-refractivity contribution in [3.05, 3.63) is 117 Å². The molecule has 2 N–H and O–H groups in total. The van der Waals surface area contributed by atoms with Crippen molar-refractivity contribution in [2.75, 3.05) is 19.8 Å². The summed E-state index contributed by atoms with van der Waals surface area (Å²) in [4.78, 5) is 29.1. The third-order valence-corrected chi connectivity index (χ3v) is 9.60. The first-order valence-corrected chi connectivity index (χ1v) is 15.7.